The molecule has 0 aliphatic rings. The number of hydrogen-bond acceptors (Lipinski definition) is 5. The summed E-state index contributed by atoms with van der Waals surface area (Å²) in [7, 11) is 1.68. The predicted octanol–water partition coefficient (Wildman–Crippen LogP) is 2.09. The third-order valence-electron chi connectivity index (χ3n) is 3.16. The van der Waals surface area contributed by atoms with Crippen LogP contribution in [-0.4, -0.2) is 42.9 Å². The molecule has 1 amide bonds. The van der Waals surface area contributed by atoms with Crippen molar-refractivity contribution in [2.24, 2.45) is 5.41 Å². The number of ether oxygens (including phenoxy) is 1. The van der Waals surface area contributed by atoms with E-state index in [-0.39, 0.29) is 11.3 Å². The second kappa shape index (κ2) is 8.56. The second-order valence-corrected chi connectivity index (χ2v) is 5.82. The van der Waals surface area contributed by atoms with Gasteiger partial charge in [-0.15, -0.1) is 10.2 Å². The van der Waals surface area contributed by atoms with E-state index in [1.54, 1.807) is 19.2 Å². The number of carbonyl (C=O) groups is 1. The fourth-order valence-electron chi connectivity index (χ4n) is 1.68. The van der Waals surface area contributed by atoms with Crippen molar-refractivity contribution in [1.29, 1.82) is 0 Å². The molecule has 1 heterocycles. The Labute approximate surface area is 126 Å². The summed E-state index contributed by atoms with van der Waals surface area (Å²) < 4.78 is 5.07. The lowest BCUT2D eigenvalue weighted by molar-refractivity contribution is 0.0915. The van der Waals surface area contributed by atoms with Crippen LogP contribution in [0.25, 0.3) is 0 Å². The first-order valence-corrected chi connectivity index (χ1v) is 7.33. The second-order valence-electron chi connectivity index (χ2n) is 5.82. The number of nitrogens with zero attached hydrogens (tertiary/aromatic N) is 2. The van der Waals surface area contributed by atoms with Crippen LogP contribution in [0, 0.1) is 5.41 Å². The number of amides is 1. The van der Waals surface area contributed by atoms with Gasteiger partial charge in [0.15, 0.2) is 5.69 Å². The molecular weight excluding hydrogens is 268 g/mol. The summed E-state index contributed by atoms with van der Waals surface area (Å²) in [5.74, 6) is 0.490. The Morgan fingerprint density at radius 1 is 1.33 bits per heavy atom. The number of hydrogen-bond donors (Lipinski definition) is 2. The zero-order valence-corrected chi connectivity index (χ0v) is 13.4. The first-order valence-electron chi connectivity index (χ1n) is 7.33. The van der Waals surface area contributed by atoms with Gasteiger partial charge in [0, 0.05) is 26.8 Å². The maximum atomic E-state index is 12.0. The zero-order chi connectivity index (χ0) is 15.7. The van der Waals surface area contributed by atoms with Crippen molar-refractivity contribution >= 4 is 11.7 Å². The van der Waals surface area contributed by atoms with Crippen LogP contribution >= 0.6 is 0 Å². The topological polar surface area (TPSA) is 76.1 Å². The van der Waals surface area contributed by atoms with Crippen LogP contribution in [0.4, 0.5) is 5.82 Å². The summed E-state index contributed by atoms with van der Waals surface area (Å²) >= 11 is 0. The number of anilines is 1. The van der Waals surface area contributed by atoms with Gasteiger partial charge in [-0.05, 0) is 30.4 Å². The minimum Gasteiger partial charge on any atom is -0.385 e. The van der Waals surface area contributed by atoms with Gasteiger partial charge in [0.25, 0.3) is 5.91 Å². The molecule has 6 nitrogen and oxygen atoms in total. The molecule has 0 saturated heterocycles. The lowest BCUT2D eigenvalue weighted by atomic mass is 9.89. The third-order valence-corrected chi connectivity index (χ3v) is 3.16. The summed E-state index contributed by atoms with van der Waals surface area (Å²) in [5.41, 5.74) is 0.321. The fraction of sp³-hybridized carbons (Fsp3) is 0.667. The van der Waals surface area contributed by atoms with E-state index in [1.165, 1.54) is 0 Å². The van der Waals surface area contributed by atoms with Gasteiger partial charge >= 0.3 is 0 Å². The maximum Gasteiger partial charge on any atom is 0.271 e. The number of aromatic nitrogens is 2. The molecule has 6 heteroatoms. The summed E-state index contributed by atoms with van der Waals surface area (Å²) in [5, 5.41) is 13.9. The van der Waals surface area contributed by atoms with Gasteiger partial charge < -0.3 is 15.4 Å². The van der Waals surface area contributed by atoms with Crippen molar-refractivity contribution in [3.05, 3.63) is 17.8 Å². The molecule has 0 aliphatic heterocycles. The molecule has 0 fully saturated rings. The highest BCUT2D eigenvalue weighted by molar-refractivity contribution is 5.92. The van der Waals surface area contributed by atoms with Crippen LogP contribution in [0.3, 0.4) is 0 Å². The van der Waals surface area contributed by atoms with E-state index in [0.29, 0.717) is 24.7 Å². The third kappa shape index (κ3) is 6.53. The average molecular weight is 294 g/mol. The molecule has 1 aromatic rings. The molecule has 0 spiro atoms. The van der Waals surface area contributed by atoms with Gasteiger partial charge in [0.05, 0.1) is 0 Å². The highest BCUT2D eigenvalue weighted by Gasteiger charge is 2.19. The van der Waals surface area contributed by atoms with Gasteiger partial charge in [0.2, 0.25) is 0 Å². The van der Waals surface area contributed by atoms with Crippen molar-refractivity contribution in [3.8, 4) is 0 Å². The molecule has 2 N–H and O–H groups in total. The van der Waals surface area contributed by atoms with E-state index in [9.17, 15) is 4.79 Å². The average Bonchev–Trinajstić information content (AvgIpc) is 2.49. The largest absolute Gasteiger partial charge is 0.385 e. The van der Waals surface area contributed by atoms with E-state index < -0.39 is 0 Å². The van der Waals surface area contributed by atoms with Gasteiger partial charge in [-0.25, -0.2) is 0 Å². The molecule has 0 radical (unpaired) electrons. The summed E-state index contributed by atoms with van der Waals surface area (Å²) in [6.45, 7) is 8.36. The van der Waals surface area contributed by atoms with Crippen LogP contribution in [0.1, 0.15) is 44.1 Å². The standard InChI is InChI=1S/C15H26N4O2/c1-5-9-16-13-7-6-12(18-19-13)14(20)17-11-15(2,3)8-10-21-4/h6-7H,5,8-11H2,1-4H3,(H,16,19)(H,17,20). The SMILES string of the molecule is CCCNc1ccc(C(=O)NCC(C)(C)CCOC)nn1. The van der Waals surface area contributed by atoms with Gasteiger partial charge in [-0.1, -0.05) is 20.8 Å². The molecule has 0 aromatic carbocycles. The monoisotopic (exact) mass is 294 g/mol. The molecular formula is C15H26N4O2. The summed E-state index contributed by atoms with van der Waals surface area (Å²) in [4.78, 5) is 12.0. The molecule has 21 heavy (non-hydrogen) atoms. The van der Waals surface area contributed by atoms with Crippen molar-refractivity contribution in [1.82, 2.24) is 15.5 Å². The van der Waals surface area contributed by atoms with Crippen LogP contribution in [-0.2, 0) is 4.74 Å². The Bertz CT molecular complexity index is 432. The first-order chi connectivity index (χ1) is 9.98. The van der Waals surface area contributed by atoms with Crippen LogP contribution in [0.5, 0.6) is 0 Å². The molecule has 0 aliphatic carbocycles. The van der Waals surface area contributed by atoms with Crippen LogP contribution < -0.4 is 10.6 Å². The Kier molecular flexibility index (Phi) is 7.08. The zero-order valence-electron chi connectivity index (χ0n) is 13.4. The normalized spacial score (nSPS) is 11.2. The summed E-state index contributed by atoms with van der Waals surface area (Å²) in [6, 6.07) is 3.45. The Morgan fingerprint density at radius 2 is 2.10 bits per heavy atom. The smallest absolute Gasteiger partial charge is 0.271 e. The molecule has 118 valence electrons. The lowest BCUT2D eigenvalue weighted by Gasteiger charge is -2.24. The number of methoxy groups -OCH3 is 1. The highest BCUT2D eigenvalue weighted by atomic mass is 16.5. The predicted molar refractivity (Wildman–Crippen MR) is 83.4 cm³/mol. The molecule has 0 atom stereocenters. The van der Waals surface area contributed by atoms with Crippen molar-refractivity contribution < 1.29 is 9.53 Å². The number of carbonyl (C=O) groups excluding carboxylic acids is 1. The number of nitrogens with one attached hydrogen (secondary N) is 2. The van der Waals surface area contributed by atoms with Gasteiger partial charge in [-0.2, -0.15) is 0 Å². The van der Waals surface area contributed by atoms with E-state index in [0.717, 1.165) is 19.4 Å². The van der Waals surface area contributed by atoms with Gasteiger partial charge in [-0.3, -0.25) is 4.79 Å². The number of rotatable bonds is 9. The maximum absolute atomic E-state index is 12.0. The van der Waals surface area contributed by atoms with Crippen molar-refractivity contribution in [2.45, 2.75) is 33.6 Å². The molecule has 0 bridgehead atoms. The van der Waals surface area contributed by atoms with Crippen LogP contribution in [0.15, 0.2) is 12.1 Å². The minimum atomic E-state index is -0.199. The van der Waals surface area contributed by atoms with E-state index in [2.05, 4.69) is 41.6 Å². The summed E-state index contributed by atoms with van der Waals surface area (Å²) in [6.07, 6.45) is 1.90. The van der Waals surface area contributed by atoms with Crippen molar-refractivity contribution in [2.75, 3.05) is 32.1 Å². The molecule has 0 saturated carbocycles. The first kappa shape index (κ1) is 17.4. The van der Waals surface area contributed by atoms with Crippen LogP contribution in [0.2, 0.25) is 0 Å². The molecule has 0 unspecified atom stereocenters. The van der Waals surface area contributed by atoms with Gasteiger partial charge in [0.1, 0.15) is 5.82 Å². The fourth-order valence-corrected chi connectivity index (χ4v) is 1.68. The quantitative estimate of drug-likeness (QED) is 0.729. The van der Waals surface area contributed by atoms with E-state index in [1.807, 2.05) is 0 Å². The Hall–Kier alpha value is -1.69. The Morgan fingerprint density at radius 3 is 2.67 bits per heavy atom. The van der Waals surface area contributed by atoms with E-state index >= 15 is 0 Å². The van der Waals surface area contributed by atoms with E-state index in [4.69, 9.17) is 4.74 Å². The highest BCUT2D eigenvalue weighted by Crippen LogP contribution is 2.18. The minimum absolute atomic E-state index is 0.0122. The lowest BCUT2D eigenvalue weighted by Crippen LogP contribution is -2.35. The molecule has 1 aromatic heterocycles. The van der Waals surface area contributed by atoms with Crippen molar-refractivity contribution in [3.63, 3.8) is 0 Å². The molecule has 1 rings (SSSR count). The Balaban J connectivity index is 2.48.